The van der Waals surface area contributed by atoms with E-state index in [4.69, 9.17) is 16.6 Å². The Kier molecular flexibility index (Phi) is 5.86. The van der Waals surface area contributed by atoms with Crippen LogP contribution in [0.3, 0.4) is 0 Å². The molecule has 2 aromatic carbocycles. The number of nitrogens with one attached hydrogen (secondary N) is 1. The molecule has 0 aliphatic carbocycles. The first-order valence-electron chi connectivity index (χ1n) is 11.0. The average Bonchev–Trinajstić information content (AvgIpc) is 3.45. The van der Waals surface area contributed by atoms with E-state index < -0.39 is 5.97 Å². The first kappa shape index (κ1) is 21.9. The van der Waals surface area contributed by atoms with Crippen LogP contribution in [0.4, 0.5) is 0 Å². The van der Waals surface area contributed by atoms with Crippen molar-refractivity contribution in [2.45, 2.75) is 25.6 Å². The Morgan fingerprint density at radius 3 is 2.59 bits per heavy atom. The van der Waals surface area contributed by atoms with Crippen LogP contribution in [0.15, 0.2) is 89.5 Å². The second kappa shape index (κ2) is 9.11. The van der Waals surface area contributed by atoms with Crippen molar-refractivity contribution in [3.8, 4) is 11.3 Å². The number of aromatic nitrogens is 1. The van der Waals surface area contributed by atoms with Crippen molar-refractivity contribution in [3.63, 3.8) is 0 Å². The van der Waals surface area contributed by atoms with Gasteiger partial charge >= 0.3 is 5.97 Å². The van der Waals surface area contributed by atoms with Gasteiger partial charge in [-0.3, -0.25) is 4.98 Å². The number of benzene rings is 2. The Morgan fingerprint density at radius 1 is 1.09 bits per heavy atom. The zero-order chi connectivity index (χ0) is 23.7. The Balaban J connectivity index is 1.53. The summed E-state index contributed by atoms with van der Waals surface area (Å²) in [5, 5.41) is 13.4. The number of hydrogen-bond donors (Lipinski definition) is 2. The Morgan fingerprint density at radius 2 is 1.88 bits per heavy atom. The highest BCUT2D eigenvalue weighted by atomic mass is 32.1. The zero-order valence-electron chi connectivity index (χ0n) is 18.5. The highest BCUT2D eigenvalue weighted by Gasteiger charge is 2.41. The number of nitrogens with zero attached hydrogens (tertiary/aromatic N) is 2. The van der Waals surface area contributed by atoms with Gasteiger partial charge in [-0.05, 0) is 66.7 Å². The summed E-state index contributed by atoms with van der Waals surface area (Å²) in [6.45, 7) is 2.51. The van der Waals surface area contributed by atoms with Crippen molar-refractivity contribution in [1.82, 2.24) is 15.2 Å². The smallest absolute Gasteiger partial charge is 0.335 e. The summed E-state index contributed by atoms with van der Waals surface area (Å²) >= 11 is 5.74. The van der Waals surface area contributed by atoms with E-state index in [0.717, 1.165) is 28.1 Å². The molecule has 4 aromatic rings. The molecule has 0 saturated carbocycles. The van der Waals surface area contributed by atoms with Crippen molar-refractivity contribution in [2.24, 2.45) is 0 Å². The standard InChI is InChI=1S/C27H23N3O3S/c1-17-15-19(26(31)32)10-11-20(17)22-12-13-23(33-22)25-24(21-9-5-6-14-28-21)29-27(34)30(25)16-18-7-3-2-4-8-18/h2-15,24-25H,16H2,1H3,(H,29,34)(H,31,32)/t24-,25+/m0/s1. The lowest BCUT2D eigenvalue weighted by Gasteiger charge is -2.26. The zero-order valence-corrected chi connectivity index (χ0v) is 19.3. The maximum Gasteiger partial charge on any atom is 0.335 e. The molecule has 1 saturated heterocycles. The minimum absolute atomic E-state index is 0.174. The van der Waals surface area contributed by atoms with Crippen molar-refractivity contribution < 1.29 is 14.3 Å². The number of carbonyl (C=O) groups is 1. The number of aromatic carboxylic acids is 1. The molecule has 0 bridgehead atoms. The molecule has 0 amide bonds. The van der Waals surface area contributed by atoms with E-state index >= 15 is 0 Å². The van der Waals surface area contributed by atoms with Crippen LogP contribution < -0.4 is 5.32 Å². The van der Waals surface area contributed by atoms with Crippen LogP contribution >= 0.6 is 12.2 Å². The SMILES string of the molecule is Cc1cc(C(=O)O)ccc1-c1ccc([C@@H]2[C@H](c3ccccn3)NC(=S)N2Cc2ccccc2)o1. The van der Waals surface area contributed by atoms with Gasteiger partial charge in [0.25, 0.3) is 0 Å². The first-order chi connectivity index (χ1) is 16.5. The topological polar surface area (TPSA) is 78.6 Å². The molecule has 1 aliphatic rings. The number of rotatable bonds is 6. The molecule has 1 aliphatic heterocycles. The summed E-state index contributed by atoms with van der Waals surface area (Å²) in [5.41, 5.74) is 3.97. The summed E-state index contributed by atoms with van der Waals surface area (Å²) in [5.74, 6) is 0.493. The molecular weight excluding hydrogens is 446 g/mol. The Hall–Kier alpha value is -3.97. The van der Waals surface area contributed by atoms with Crippen LogP contribution in [0.2, 0.25) is 0 Å². The van der Waals surface area contributed by atoms with E-state index in [1.165, 1.54) is 0 Å². The van der Waals surface area contributed by atoms with E-state index in [-0.39, 0.29) is 17.6 Å². The van der Waals surface area contributed by atoms with Gasteiger partial charge in [-0.2, -0.15) is 0 Å². The maximum atomic E-state index is 11.3. The number of pyridine rings is 1. The van der Waals surface area contributed by atoms with Crippen molar-refractivity contribution in [3.05, 3.63) is 113 Å². The summed E-state index contributed by atoms with van der Waals surface area (Å²) in [6, 6.07) is 24.6. The summed E-state index contributed by atoms with van der Waals surface area (Å²) in [7, 11) is 0. The van der Waals surface area contributed by atoms with Crippen LogP contribution in [-0.4, -0.2) is 26.1 Å². The van der Waals surface area contributed by atoms with Crippen LogP contribution in [0, 0.1) is 6.92 Å². The Labute approximate surface area is 202 Å². The number of carboxylic acid groups (broad SMARTS) is 1. The molecule has 2 atom stereocenters. The lowest BCUT2D eigenvalue weighted by atomic mass is 10.0. The minimum Gasteiger partial charge on any atom is -0.478 e. The highest BCUT2D eigenvalue weighted by molar-refractivity contribution is 7.80. The van der Waals surface area contributed by atoms with Crippen molar-refractivity contribution >= 4 is 23.3 Å². The third-order valence-corrected chi connectivity index (χ3v) is 6.40. The highest BCUT2D eigenvalue weighted by Crippen LogP contribution is 2.41. The van der Waals surface area contributed by atoms with Crippen LogP contribution in [0.5, 0.6) is 0 Å². The number of hydrogen-bond acceptors (Lipinski definition) is 4. The predicted octanol–water partition coefficient (Wildman–Crippen LogP) is 5.52. The van der Waals surface area contributed by atoms with Crippen molar-refractivity contribution in [2.75, 3.05) is 0 Å². The molecule has 0 radical (unpaired) electrons. The fourth-order valence-electron chi connectivity index (χ4n) is 4.39. The predicted molar refractivity (Wildman–Crippen MR) is 133 cm³/mol. The fourth-order valence-corrected chi connectivity index (χ4v) is 4.70. The fraction of sp³-hybridized carbons (Fsp3) is 0.148. The third-order valence-electron chi connectivity index (χ3n) is 6.05. The van der Waals surface area contributed by atoms with Gasteiger partial charge < -0.3 is 19.7 Å². The van der Waals surface area contributed by atoms with E-state index in [2.05, 4.69) is 27.3 Å². The van der Waals surface area contributed by atoms with E-state index in [0.29, 0.717) is 17.4 Å². The monoisotopic (exact) mass is 469 g/mol. The molecule has 3 heterocycles. The number of thiocarbonyl (C=S) groups is 1. The van der Waals surface area contributed by atoms with Gasteiger partial charge in [-0.15, -0.1) is 0 Å². The van der Waals surface area contributed by atoms with Gasteiger partial charge in [-0.25, -0.2) is 4.79 Å². The lowest BCUT2D eigenvalue weighted by Crippen LogP contribution is -2.29. The van der Waals surface area contributed by atoms with E-state index in [1.54, 1.807) is 24.4 Å². The molecule has 6 nitrogen and oxygen atoms in total. The molecule has 2 N–H and O–H groups in total. The van der Waals surface area contributed by atoms with Gasteiger partial charge in [0, 0.05) is 18.3 Å². The van der Waals surface area contributed by atoms with Crippen LogP contribution in [0.25, 0.3) is 11.3 Å². The van der Waals surface area contributed by atoms with Crippen molar-refractivity contribution in [1.29, 1.82) is 0 Å². The maximum absolute atomic E-state index is 11.3. The average molecular weight is 470 g/mol. The number of aryl methyl sites for hydroxylation is 1. The molecule has 0 spiro atoms. The number of furan rings is 1. The quantitative estimate of drug-likeness (QED) is 0.360. The second-order valence-corrected chi connectivity index (χ2v) is 8.66. The Bertz CT molecular complexity index is 1340. The van der Waals surface area contributed by atoms with E-state index in [9.17, 15) is 9.90 Å². The number of carboxylic acids is 1. The summed E-state index contributed by atoms with van der Waals surface area (Å²) in [6.07, 6.45) is 1.78. The van der Waals surface area contributed by atoms with Crippen LogP contribution in [-0.2, 0) is 6.54 Å². The molecule has 7 heteroatoms. The molecule has 0 unspecified atom stereocenters. The summed E-state index contributed by atoms with van der Waals surface area (Å²) < 4.78 is 6.39. The molecule has 5 rings (SSSR count). The summed E-state index contributed by atoms with van der Waals surface area (Å²) in [4.78, 5) is 18.0. The lowest BCUT2D eigenvalue weighted by molar-refractivity contribution is 0.0697. The van der Waals surface area contributed by atoms with Gasteiger partial charge in [0.2, 0.25) is 0 Å². The molecular formula is C27H23N3O3S. The normalized spacial score (nSPS) is 17.6. The van der Waals surface area contributed by atoms with Gasteiger partial charge in [-0.1, -0.05) is 42.5 Å². The molecule has 2 aromatic heterocycles. The van der Waals surface area contributed by atoms with Gasteiger partial charge in [0.15, 0.2) is 5.11 Å². The van der Waals surface area contributed by atoms with E-state index in [1.807, 2.05) is 55.5 Å². The first-order valence-corrected chi connectivity index (χ1v) is 11.4. The third kappa shape index (κ3) is 4.18. The van der Waals surface area contributed by atoms with Gasteiger partial charge in [0.05, 0.1) is 17.3 Å². The largest absolute Gasteiger partial charge is 0.478 e. The molecule has 170 valence electrons. The molecule has 34 heavy (non-hydrogen) atoms. The van der Waals surface area contributed by atoms with Gasteiger partial charge in [0.1, 0.15) is 17.6 Å². The second-order valence-electron chi connectivity index (χ2n) is 8.28. The van der Waals surface area contributed by atoms with Crippen LogP contribution in [0.1, 0.15) is 45.0 Å². The minimum atomic E-state index is -0.949. The molecule has 1 fully saturated rings.